The highest BCUT2D eigenvalue weighted by Crippen LogP contribution is 2.25. The van der Waals surface area contributed by atoms with Gasteiger partial charge in [-0.2, -0.15) is 0 Å². The summed E-state index contributed by atoms with van der Waals surface area (Å²) < 4.78 is 5.42. The van der Waals surface area contributed by atoms with Crippen molar-refractivity contribution in [3.8, 4) is 0 Å². The second kappa shape index (κ2) is 8.92. The second-order valence-electron chi connectivity index (χ2n) is 7.21. The van der Waals surface area contributed by atoms with Gasteiger partial charge in [-0.3, -0.25) is 19.4 Å². The molecular weight excluding hydrogens is 352 g/mol. The van der Waals surface area contributed by atoms with E-state index >= 15 is 0 Å². The summed E-state index contributed by atoms with van der Waals surface area (Å²) in [5.74, 6) is 0.564. The van der Waals surface area contributed by atoms with Crippen LogP contribution in [0.5, 0.6) is 0 Å². The van der Waals surface area contributed by atoms with Gasteiger partial charge in [0, 0.05) is 44.0 Å². The molecule has 0 radical (unpaired) electrons. The monoisotopic (exact) mass is 380 g/mol. The molecule has 1 aromatic rings. The third-order valence-corrected chi connectivity index (χ3v) is 5.89. The number of hydrogen-bond donors (Lipinski definition) is 1. The van der Waals surface area contributed by atoms with E-state index in [0.717, 1.165) is 45.0 Å². The van der Waals surface area contributed by atoms with Crippen LogP contribution >= 0.6 is 11.3 Å². The van der Waals surface area contributed by atoms with Crippen molar-refractivity contribution in [2.24, 2.45) is 5.92 Å². The number of nitrogens with zero attached hydrogens (tertiary/aromatic N) is 3. The van der Waals surface area contributed by atoms with Crippen LogP contribution in [-0.4, -0.2) is 67.1 Å². The molecule has 144 valence electrons. The molecule has 2 aliphatic heterocycles. The van der Waals surface area contributed by atoms with Crippen molar-refractivity contribution in [1.29, 1.82) is 0 Å². The van der Waals surface area contributed by atoms with E-state index in [0.29, 0.717) is 30.1 Å². The van der Waals surface area contributed by atoms with Crippen LogP contribution in [0, 0.1) is 5.92 Å². The minimum atomic E-state index is -0.0199. The molecule has 2 saturated heterocycles. The molecule has 2 fully saturated rings. The average Bonchev–Trinajstić information content (AvgIpc) is 3.24. The van der Waals surface area contributed by atoms with Crippen LogP contribution in [0.4, 0.5) is 5.13 Å². The Hall–Kier alpha value is -1.51. The third kappa shape index (κ3) is 4.81. The van der Waals surface area contributed by atoms with Gasteiger partial charge in [0.1, 0.15) is 0 Å². The number of anilines is 1. The van der Waals surface area contributed by atoms with Crippen LogP contribution < -0.4 is 10.2 Å². The highest BCUT2D eigenvalue weighted by molar-refractivity contribution is 7.14. The van der Waals surface area contributed by atoms with Gasteiger partial charge in [0.2, 0.25) is 11.8 Å². The number of carbonyl (C=O) groups is 2. The number of nitrogens with one attached hydrogen (secondary N) is 1. The van der Waals surface area contributed by atoms with Crippen LogP contribution in [0.25, 0.3) is 0 Å². The van der Waals surface area contributed by atoms with E-state index < -0.39 is 0 Å². The van der Waals surface area contributed by atoms with Crippen LogP contribution in [0.3, 0.4) is 0 Å². The number of rotatable bonds is 7. The average molecular weight is 381 g/mol. The zero-order valence-electron chi connectivity index (χ0n) is 15.6. The van der Waals surface area contributed by atoms with Crippen LogP contribution in [-0.2, 0) is 20.7 Å². The van der Waals surface area contributed by atoms with Crippen molar-refractivity contribution in [3.05, 3.63) is 11.1 Å². The van der Waals surface area contributed by atoms with Crippen molar-refractivity contribution in [3.63, 3.8) is 0 Å². The summed E-state index contributed by atoms with van der Waals surface area (Å²) in [5.41, 5.74) is 0.731. The first kappa shape index (κ1) is 19.3. The Balaban J connectivity index is 1.50. The predicted molar refractivity (Wildman–Crippen MR) is 101 cm³/mol. The van der Waals surface area contributed by atoms with Gasteiger partial charge < -0.3 is 10.1 Å². The maximum absolute atomic E-state index is 12.3. The summed E-state index contributed by atoms with van der Waals surface area (Å²) in [7, 11) is 0. The maximum Gasteiger partial charge on any atom is 0.228 e. The lowest BCUT2D eigenvalue weighted by Gasteiger charge is -2.36. The third-order valence-electron chi connectivity index (χ3n) is 4.98. The number of amides is 2. The van der Waals surface area contributed by atoms with E-state index in [2.05, 4.69) is 29.0 Å². The number of hydrogen-bond acceptors (Lipinski definition) is 6. The molecule has 2 amide bonds. The van der Waals surface area contributed by atoms with Crippen LogP contribution in [0.2, 0.25) is 0 Å². The second-order valence-corrected chi connectivity index (χ2v) is 8.05. The summed E-state index contributed by atoms with van der Waals surface area (Å²) in [6.07, 6.45) is 1.73. The molecule has 1 unspecified atom stereocenters. The lowest BCUT2D eigenvalue weighted by molar-refractivity contribution is -0.121. The summed E-state index contributed by atoms with van der Waals surface area (Å²) in [6.45, 7) is 9.09. The summed E-state index contributed by atoms with van der Waals surface area (Å²) in [4.78, 5) is 32.7. The van der Waals surface area contributed by atoms with E-state index in [-0.39, 0.29) is 18.2 Å². The van der Waals surface area contributed by atoms with Crippen molar-refractivity contribution < 1.29 is 14.3 Å². The number of morpholine rings is 1. The topological polar surface area (TPSA) is 74.8 Å². The normalized spacial score (nSPS) is 20.0. The molecule has 0 saturated carbocycles. The molecule has 3 rings (SSSR count). The zero-order valence-corrected chi connectivity index (χ0v) is 16.4. The molecule has 3 heterocycles. The Bertz CT molecular complexity index is 628. The molecule has 0 aliphatic carbocycles. The van der Waals surface area contributed by atoms with Gasteiger partial charge in [-0.25, -0.2) is 4.98 Å². The molecule has 2 aliphatic rings. The Labute approximate surface area is 158 Å². The van der Waals surface area contributed by atoms with Crippen molar-refractivity contribution in [2.75, 3.05) is 44.3 Å². The highest BCUT2D eigenvalue weighted by Gasteiger charge is 2.26. The molecule has 0 spiro atoms. The zero-order chi connectivity index (χ0) is 18.5. The van der Waals surface area contributed by atoms with E-state index in [4.69, 9.17) is 4.74 Å². The van der Waals surface area contributed by atoms with Crippen LogP contribution in [0.15, 0.2) is 5.38 Å². The SMILES string of the molecule is CC(C)C(CNC(=O)Cc1csc(N2CCCC2=O)n1)N1CCOCC1. The van der Waals surface area contributed by atoms with Crippen molar-refractivity contribution in [2.45, 2.75) is 39.2 Å². The Kier molecular flexibility index (Phi) is 6.61. The van der Waals surface area contributed by atoms with Gasteiger partial charge in [0.25, 0.3) is 0 Å². The number of thiazole rings is 1. The van der Waals surface area contributed by atoms with Crippen molar-refractivity contribution >= 4 is 28.3 Å². The van der Waals surface area contributed by atoms with Crippen molar-refractivity contribution in [1.82, 2.24) is 15.2 Å². The fourth-order valence-electron chi connectivity index (χ4n) is 3.49. The van der Waals surface area contributed by atoms with E-state index in [1.54, 1.807) is 4.90 Å². The lowest BCUT2D eigenvalue weighted by Crippen LogP contribution is -2.51. The first-order valence-electron chi connectivity index (χ1n) is 9.38. The largest absolute Gasteiger partial charge is 0.379 e. The molecule has 8 heteroatoms. The first-order valence-corrected chi connectivity index (χ1v) is 10.3. The molecule has 7 nitrogen and oxygen atoms in total. The molecule has 26 heavy (non-hydrogen) atoms. The van der Waals surface area contributed by atoms with Gasteiger partial charge in [-0.05, 0) is 12.3 Å². The van der Waals surface area contributed by atoms with Gasteiger partial charge >= 0.3 is 0 Å². The molecule has 0 aromatic carbocycles. The molecule has 1 aromatic heterocycles. The standard InChI is InChI=1S/C18H28N4O3S/c1-13(2)15(21-6-8-25-9-7-21)11-19-16(23)10-14-12-26-18(20-14)22-5-3-4-17(22)24/h12-13,15H,3-11H2,1-2H3,(H,19,23). The minimum absolute atomic E-state index is 0.0199. The molecule has 1 atom stereocenters. The number of aromatic nitrogens is 1. The van der Waals surface area contributed by atoms with Gasteiger partial charge in [0.05, 0.1) is 25.3 Å². The quantitative estimate of drug-likeness (QED) is 0.771. The Morgan fingerprint density at radius 1 is 1.35 bits per heavy atom. The van der Waals surface area contributed by atoms with Crippen LogP contribution in [0.1, 0.15) is 32.4 Å². The minimum Gasteiger partial charge on any atom is -0.379 e. The highest BCUT2D eigenvalue weighted by atomic mass is 32.1. The summed E-state index contributed by atoms with van der Waals surface area (Å²) in [5, 5.41) is 5.65. The smallest absolute Gasteiger partial charge is 0.228 e. The van der Waals surface area contributed by atoms with Gasteiger partial charge in [-0.15, -0.1) is 11.3 Å². The summed E-state index contributed by atoms with van der Waals surface area (Å²) in [6, 6.07) is 0.316. The van der Waals surface area contributed by atoms with E-state index in [1.165, 1.54) is 11.3 Å². The van der Waals surface area contributed by atoms with Gasteiger partial charge in [0.15, 0.2) is 5.13 Å². The molecule has 1 N–H and O–H groups in total. The van der Waals surface area contributed by atoms with E-state index in [1.807, 2.05) is 5.38 Å². The maximum atomic E-state index is 12.3. The van der Waals surface area contributed by atoms with Gasteiger partial charge in [-0.1, -0.05) is 13.8 Å². The fourth-order valence-corrected chi connectivity index (χ4v) is 4.36. The fraction of sp³-hybridized carbons (Fsp3) is 0.722. The molecule has 0 bridgehead atoms. The lowest BCUT2D eigenvalue weighted by atomic mass is 10.0. The predicted octanol–water partition coefficient (Wildman–Crippen LogP) is 1.29. The Morgan fingerprint density at radius 3 is 2.77 bits per heavy atom. The molecular formula is C18H28N4O3S. The number of ether oxygens (including phenoxy) is 1. The Morgan fingerprint density at radius 2 is 2.12 bits per heavy atom. The first-order chi connectivity index (χ1) is 12.5. The van der Waals surface area contributed by atoms with E-state index in [9.17, 15) is 9.59 Å². The summed E-state index contributed by atoms with van der Waals surface area (Å²) >= 11 is 1.44. The number of carbonyl (C=O) groups excluding carboxylic acids is 2.